The van der Waals surface area contributed by atoms with Crippen LogP contribution in [0, 0.1) is 11.6 Å². The van der Waals surface area contributed by atoms with E-state index in [0.717, 1.165) is 11.6 Å². The first-order chi connectivity index (χ1) is 10.1. The molecule has 0 aliphatic rings. The van der Waals surface area contributed by atoms with Crippen molar-refractivity contribution >= 4 is 11.6 Å². The summed E-state index contributed by atoms with van der Waals surface area (Å²) in [5, 5.41) is 5.69. The van der Waals surface area contributed by atoms with Crippen LogP contribution in [0.2, 0.25) is 0 Å². The van der Waals surface area contributed by atoms with Gasteiger partial charge in [-0.05, 0) is 30.8 Å². The second-order valence-electron chi connectivity index (χ2n) is 4.67. The Morgan fingerprint density at radius 3 is 2.67 bits per heavy atom. The van der Waals surface area contributed by atoms with Crippen molar-refractivity contribution in [3.8, 4) is 0 Å². The molecule has 0 bridgehead atoms. The lowest BCUT2D eigenvalue weighted by atomic mass is 10.1. The molecule has 0 aromatic heterocycles. The molecule has 0 saturated carbocycles. The zero-order valence-electron chi connectivity index (χ0n) is 11.6. The fraction of sp³-hybridized carbons (Fsp3) is 0.188. The molecule has 5 heteroatoms. The standard InChI is InChI=1S/C16H16F2N2O/c1-19-10-11-4-2-6-13(8-11)20-15(21)9-12-5-3-7-14(17)16(12)18/h2-8,19H,9-10H2,1H3,(H,20,21). The summed E-state index contributed by atoms with van der Waals surface area (Å²) < 4.78 is 26.6. The predicted molar refractivity (Wildman–Crippen MR) is 77.9 cm³/mol. The topological polar surface area (TPSA) is 41.1 Å². The first kappa shape index (κ1) is 15.1. The van der Waals surface area contributed by atoms with Gasteiger partial charge in [0, 0.05) is 17.8 Å². The third-order valence-corrected chi connectivity index (χ3v) is 2.97. The quantitative estimate of drug-likeness (QED) is 0.889. The Morgan fingerprint density at radius 2 is 1.90 bits per heavy atom. The van der Waals surface area contributed by atoms with Crippen LogP contribution in [0.25, 0.3) is 0 Å². The smallest absolute Gasteiger partial charge is 0.228 e. The highest BCUT2D eigenvalue weighted by Crippen LogP contribution is 2.14. The highest BCUT2D eigenvalue weighted by atomic mass is 19.2. The zero-order valence-corrected chi connectivity index (χ0v) is 11.6. The summed E-state index contributed by atoms with van der Waals surface area (Å²) in [6, 6.07) is 11.1. The highest BCUT2D eigenvalue weighted by molar-refractivity contribution is 5.92. The molecule has 0 radical (unpaired) electrons. The Kier molecular flexibility index (Phi) is 5.00. The minimum atomic E-state index is -0.975. The van der Waals surface area contributed by atoms with Crippen molar-refractivity contribution in [2.75, 3.05) is 12.4 Å². The van der Waals surface area contributed by atoms with Crippen LogP contribution in [0.15, 0.2) is 42.5 Å². The van der Waals surface area contributed by atoms with Crippen molar-refractivity contribution in [1.29, 1.82) is 0 Å². The lowest BCUT2D eigenvalue weighted by Gasteiger charge is -2.08. The summed E-state index contributed by atoms with van der Waals surface area (Å²) in [5.41, 5.74) is 1.69. The fourth-order valence-electron chi connectivity index (χ4n) is 2.03. The predicted octanol–water partition coefficient (Wildman–Crippen LogP) is 2.87. The Bertz CT molecular complexity index is 644. The van der Waals surface area contributed by atoms with Crippen LogP contribution in [0.3, 0.4) is 0 Å². The van der Waals surface area contributed by atoms with E-state index in [1.807, 2.05) is 25.2 Å². The Labute approximate surface area is 122 Å². The molecule has 1 amide bonds. The summed E-state index contributed by atoms with van der Waals surface area (Å²) in [6.45, 7) is 0.683. The second kappa shape index (κ2) is 6.95. The van der Waals surface area contributed by atoms with E-state index in [4.69, 9.17) is 0 Å². The monoisotopic (exact) mass is 290 g/mol. The van der Waals surface area contributed by atoms with E-state index in [1.165, 1.54) is 12.1 Å². The maximum Gasteiger partial charge on any atom is 0.228 e. The van der Waals surface area contributed by atoms with E-state index >= 15 is 0 Å². The van der Waals surface area contributed by atoms with E-state index in [2.05, 4.69) is 10.6 Å². The first-order valence-corrected chi connectivity index (χ1v) is 6.56. The van der Waals surface area contributed by atoms with Crippen molar-refractivity contribution in [2.45, 2.75) is 13.0 Å². The number of nitrogens with one attached hydrogen (secondary N) is 2. The second-order valence-corrected chi connectivity index (χ2v) is 4.67. The molecule has 21 heavy (non-hydrogen) atoms. The van der Waals surface area contributed by atoms with E-state index in [-0.39, 0.29) is 17.9 Å². The van der Waals surface area contributed by atoms with Gasteiger partial charge in [0.2, 0.25) is 5.91 Å². The van der Waals surface area contributed by atoms with E-state index in [0.29, 0.717) is 12.2 Å². The van der Waals surface area contributed by atoms with Crippen LogP contribution in [0.5, 0.6) is 0 Å². The summed E-state index contributed by atoms with van der Waals surface area (Å²) in [5.74, 6) is -2.31. The number of rotatable bonds is 5. The number of halogens is 2. The molecule has 2 aromatic carbocycles. The third-order valence-electron chi connectivity index (χ3n) is 2.97. The van der Waals surface area contributed by atoms with Crippen molar-refractivity contribution in [1.82, 2.24) is 5.32 Å². The molecule has 0 spiro atoms. The first-order valence-electron chi connectivity index (χ1n) is 6.56. The lowest BCUT2D eigenvalue weighted by molar-refractivity contribution is -0.115. The third kappa shape index (κ3) is 4.10. The number of amides is 1. The summed E-state index contributed by atoms with van der Waals surface area (Å²) in [6.07, 6.45) is -0.208. The van der Waals surface area contributed by atoms with Gasteiger partial charge >= 0.3 is 0 Å². The molecule has 0 heterocycles. The van der Waals surface area contributed by atoms with Crippen molar-refractivity contribution in [3.05, 3.63) is 65.2 Å². The van der Waals surface area contributed by atoms with Crippen LogP contribution in [-0.2, 0) is 17.8 Å². The highest BCUT2D eigenvalue weighted by Gasteiger charge is 2.11. The minimum absolute atomic E-state index is 0.0406. The fourth-order valence-corrected chi connectivity index (χ4v) is 2.03. The molecule has 0 fully saturated rings. The van der Waals surface area contributed by atoms with E-state index in [1.54, 1.807) is 6.07 Å². The van der Waals surface area contributed by atoms with Gasteiger partial charge < -0.3 is 10.6 Å². The lowest BCUT2D eigenvalue weighted by Crippen LogP contribution is -2.16. The molecule has 3 nitrogen and oxygen atoms in total. The van der Waals surface area contributed by atoms with Gasteiger partial charge in [0.25, 0.3) is 0 Å². The van der Waals surface area contributed by atoms with Gasteiger partial charge in [-0.2, -0.15) is 0 Å². The van der Waals surface area contributed by atoms with Crippen molar-refractivity contribution in [3.63, 3.8) is 0 Å². The molecule has 0 unspecified atom stereocenters. The molecule has 0 atom stereocenters. The van der Waals surface area contributed by atoms with Gasteiger partial charge in [-0.15, -0.1) is 0 Å². The number of carbonyl (C=O) groups is 1. The molecular formula is C16H16F2N2O. The van der Waals surface area contributed by atoms with Gasteiger partial charge in [-0.1, -0.05) is 24.3 Å². The minimum Gasteiger partial charge on any atom is -0.326 e. The maximum absolute atomic E-state index is 13.5. The SMILES string of the molecule is CNCc1cccc(NC(=O)Cc2cccc(F)c2F)c1. The number of hydrogen-bond donors (Lipinski definition) is 2. The largest absolute Gasteiger partial charge is 0.326 e. The Hall–Kier alpha value is -2.27. The van der Waals surface area contributed by atoms with Gasteiger partial charge in [-0.25, -0.2) is 8.78 Å². The normalized spacial score (nSPS) is 10.4. The van der Waals surface area contributed by atoms with E-state index < -0.39 is 11.6 Å². The van der Waals surface area contributed by atoms with Crippen LogP contribution < -0.4 is 10.6 Å². The molecule has 0 aliphatic heterocycles. The summed E-state index contributed by atoms with van der Waals surface area (Å²) in [4.78, 5) is 11.9. The number of carbonyl (C=O) groups excluding carboxylic acids is 1. The number of benzene rings is 2. The molecule has 2 N–H and O–H groups in total. The van der Waals surface area contributed by atoms with Gasteiger partial charge in [-0.3, -0.25) is 4.79 Å². The average molecular weight is 290 g/mol. The molecule has 0 saturated heterocycles. The number of anilines is 1. The zero-order chi connectivity index (χ0) is 15.2. The molecule has 0 aliphatic carbocycles. The maximum atomic E-state index is 13.5. The van der Waals surface area contributed by atoms with Crippen LogP contribution >= 0.6 is 0 Å². The van der Waals surface area contributed by atoms with Crippen LogP contribution in [-0.4, -0.2) is 13.0 Å². The summed E-state index contributed by atoms with van der Waals surface area (Å²) in [7, 11) is 1.83. The number of hydrogen-bond acceptors (Lipinski definition) is 2. The van der Waals surface area contributed by atoms with E-state index in [9.17, 15) is 13.6 Å². The molecular weight excluding hydrogens is 274 g/mol. The van der Waals surface area contributed by atoms with Gasteiger partial charge in [0.1, 0.15) is 0 Å². The van der Waals surface area contributed by atoms with Crippen LogP contribution in [0.4, 0.5) is 14.5 Å². The van der Waals surface area contributed by atoms with Gasteiger partial charge in [0.15, 0.2) is 11.6 Å². The van der Waals surface area contributed by atoms with Crippen molar-refractivity contribution in [2.24, 2.45) is 0 Å². The molecule has 110 valence electrons. The van der Waals surface area contributed by atoms with Gasteiger partial charge in [0.05, 0.1) is 6.42 Å². The molecule has 2 rings (SSSR count). The van der Waals surface area contributed by atoms with Crippen LogP contribution in [0.1, 0.15) is 11.1 Å². The molecule has 2 aromatic rings. The summed E-state index contributed by atoms with van der Waals surface area (Å²) >= 11 is 0. The Morgan fingerprint density at radius 1 is 1.14 bits per heavy atom. The Balaban J connectivity index is 2.04. The average Bonchev–Trinajstić information content (AvgIpc) is 2.44. The van der Waals surface area contributed by atoms with Crippen molar-refractivity contribution < 1.29 is 13.6 Å².